The molecule has 1 heterocycles. The minimum Gasteiger partial charge on any atom is -0.372 e. The molecule has 1 saturated heterocycles. The molecule has 0 aromatic rings. The lowest BCUT2D eigenvalue weighted by Crippen LogP contribution is -2.48. The maximum atomic E-state index is 8.85. The van der Waals surface area contributed by atoms with Crippen molar-refractivity contribution in [3.05, 3.63) is 70.6 Å². The van der Waals surface area contributed by atoms with E-state index in [0.717, 1.165) is 56.6 Å². The normalized spacial score (nSPS) is 16.2. The average molecular weight is 625 g/mol. The van der Waals surface area contributed by atoms with E-state index in [1.807, 2.05) is 44.4 Å². The molecule has 1 aliphatic rings. The highest BCUT2D eigenvalue weighted by Gasteiger charge is 2.19. The molecule has 0 radical (unpaired) electrons. The second kappa shape index (κ2) is 37.5. The molecule has 1 N–H and O–H groups in total. The van der Waals surface area contributed by atoms with Gasteiger partial charge in [-0.25, -0.2) is 0 Å². The summed E-state index contributed by atoms with van der Waals surface area (Å²) in [5.74, 6) is 0. The van der Waals surface area contributed by atoms with Gasteiger partial charge in [-0.15, -0.1) is 0 Å². The standard InChI is InChI=1S/C18H31N3.C13H19N.C5H12.C3H8.C2H6/c1-7-9-10-20-16(5)18(14(3)8-2)17(6)21-12-11-19-15(4)13-21;1-4-6-7-9-13(11-14)10-12(3)8-5-2;1-3-5-4-2;1-3-2;1-2/h8-10,15,19H,7,11-13H2,1-6H3;6-7,9-10H,4-5,8H2,1-3H3;3-5H2,1-2H3;3H2,1-2H3;1-2H3/b10-9+,14-8-,18-17+,20-16+;7-6+,12-10+,13-9+;;;. The van der Waals surface area contributed by atoms with Gasteiger partial charge in [0.05, 0.1) is 11.6 Å². The van der Waals surface area contributed by atoms with E-state index < -0.39 is 0 Å². The molecule has 1 atom stereocenters. The van der Waals surface area contributed by atoms with Crippen molar-refractivity contribution < 1.29 is 0 Å². The summed E-state index contributed by atoms with van der Waals surface area (Å²) in [6.45, 7) is 35.1. The molecule has 0 bridgehead atoms. The first-order valence-corrected chi connectivity index (χ1v) is 18.0. The molecule has 45 heavy (non-hydrogen) atoms. The molecule has 4 heteroatoms. The van der Waals surface area contributed by atoms with Crippen molar-refractivity contribution in [2.75, 3.05) is 19.6 Å². The summed E-state index contributed by atoms with van der Waals surface area (Å²) in [4.78, 5) is 7.09. The Balaban J connectivity index is -0.000000300. The quantitative estimate of drug-likeness (QED) is 0.133. The fraction of sp³-hybridized carbons (Fsp3) is 0.659. The highest BCUT2D eigenvalue weighted by molar-refractivity contribution is 6.02. The molecule has 0 aliphatic carbocycles. The summed E-state index contributed by atoms with van der Waals surface area (Å²) >= 11 is 0. The summed E-state index contributed by atoms with van der Waals surface area (Å²) in [5, 5.41) is 12.3. The molecule has 1 rings (SSSR count). The van der Waals surface area contributed by atoms with Crippen LogP contribution in [0, 0.1) is 11.3 Å². The summed E-state index contributed by atoms with van der Waals surface area (Å²) < 4.78 is 0. The first kappa shape index (κ1) is 49.2. The lowest BCUT2D eigenvalue weighted by atomic mass is 9.99. The van der Waals surface area contributed by atoms with Crippen molar-refractivity contribution in [1.82, 2.24) is 10.2 Å². The van der Waals surface area contributed by atoms with Gasteiger partial charge in [-0.3, -0.25) is 4.99 Å². The van der Waals surface area contributed by atoms with Crippen LogP contribution in [0.2, 0.25) is 0 Å². The van der Waals surface area contributed by atoms with E-state index in [0.29, 0.717) is 6.04 Å². The van der Waals surface area contributed by atoms with Gasteiger partial charge in [-0.1, -0.05) is 124 Å². The molecule has 0 spiro atoms. The molecule has 1 aliphatic heterocycles. The van der Waals surface area contributed by atoms with Crippen LogP contribution in [0.25, 0.3) is 0 Å². The van der Waals surface area contributed by atoms with Crippen LogP contribution in [0.5, 0.6) is 0 Å². The van der Waals surface area contributed by atoms with Crippen molar-refractivity contribution in [2.45, 2.75) is 161 Å². The van der Waals surface area contributed by atoms with Gasteiger partial charge < -0.3 is 10.2 Å². The van der Waals surface area contributed by atoms with Gasteiger partial charge in [0.2, 0.25) is 0 Å². The van der Waals surface area contributed by atoms with E-state index in [1.54, 1.807) is 0 Å². The Hall–Kier alpha value is -2.64. The van der Waals surface area contributed by atoms with Gasteiger partial charge in [0.25, 0.3) is 0 Å². The number of piperazine rings is 1. The number of nitrogens with one attached hydrogen (secondary N) is 1. The SMILES string of the molecule is CC.CC/C=C/C=C(C#N)\C=C(/C)CCC.CCC.CCCCC.C\C=C(C)/C(C(/C)=N/C=C/CC)=C(/C)N1CCNC(C)C1. The van der Waals surface area contributed by atoms with E-state index in [2.05, 4.69) is 123 Å². The van der Waals surface area contributed by atoms with E-state index in [1.165, 1.54) is 48.1 Å². The van der Waals surface area contributed by atoms with E-state index >= 15 is 0 Å². The van der Waals surface area contributed by atoms with Crippen LogP contribution >= 0.6 is 0 Å². The monoisotopic (exact) mass is 625 g/mol. The highest BCUT2D eigenvalue weighted by Crippen LogP contribution is 2.21. The van der Waals surface area contributed by atoms with Crippen molar-refractivity contribution >= 4 is 5.71 Å². The minimum atomic E-state index is 0.540. The number of hydrogen-bond donors (Lipinski definition) is 1. The average Bonchev–Trinajstić information content (AvgIpc) is 3.03. The van der Waals surface area contributed by atoms with Crippen molar-refractivity contribution in [3.63, 3.8) is 0 Å². The highest BCUT2D eigenvalue weighted by atomic mass is 15.2. The molecule has 0 saturated carbocycles. The molecular formula is C41H76N4. The topological polar surface area (TPSA) is 51.4 Å². The van der Waals surface area contributed by atoms with E-state index in [4.69, 9.17) is 5.26 Å². The second-order valence-electron chi connectivity index (χ2n) is 11.1. The molecule has 1 fully saturated rings. The van der Waals surface area contributed by atoms with Crippen LogP contribution in [0.4, 0.5) is 0 Å². The molecule has 4 nitrogen and oxygen atoms in total. The largest absolute Gasteiger partial charge is 0.372 e. The summed E-state index contributed by atoms with van der Waals surface area (Å²) in [5.41, 5.74) is 7.02. The van der Waals surface area contributed by atoms with Crippen LogP contribution in [0.3, 0.4) is 0 Å². The molecule has 1 unspecified atom stereocenters. The van der Waals surface area contributed by atoms with Crippen LogP contribution < -0.4 is 5.32 Å². The maximum absolute atomic E-state index is 8.85. The van der Waals surface area contributed by atoms with Gasteiger partial charge in [-0.2, -0.15) is 5.26 Å². The Bertz CT molecular complexity index is 933. The second-order valence-corrected chi connectivity index (χ2v) is 11.1. The van der Waals surface area contributed by atoms with Crippen molar-refractivity contribution in [2.24, 2.45) is 4.99 Å². The zero-order chi connectivity index (χ0) is 35.5. The number of nitriles is 1. The van der Waals surface area contributed by atoms with E-state index in [9.17, 15) is 0 Å². The minimum absolute atomic E-state index is 0.540. The zero-order valence-corrected chi connectivity index (χ0v) is 32.7. The molecule has 0 aromatic carbocycles. The number of nitrogens with zero attached hydrogens (tertiary/aromatic N) is 3. The molecule has 0 aromatic heterocycles. The Kier molecular flexibility index (Phi) is 41.1. The summed E-state index contributed by atoms with van der Waals surface area (Å²) in [6, 6.07) is 2.72. The number of rotatable bonds is 12. The van der Waals surface area contributed by atoms with Crippen LogP contribution in [-0.4, -0.2) is 36.3 Å². The van der Waals surface area contributed by atoms with Crippen LogP contribution in [0.1, 0.15) is 155 Å². The van der Waals surface area contributed by atoms with Crippen LogP contribution in [-0.2, 0) is 0 Å². The molecule has 260 valence electrons. The summed E-state index contributed by atoms with van der Waals surface area (Å²) in [6.07, 6.45) is 23.5. The number of aliphatic imine (C=N–C) groups is 1. The Labute approximate surface area is 283 Å². The third kappa shape index (κ3) is 29.8. The third-order valence-corrected chi connectivity index (χ3v) is 6.53. The lowest BCUT2D eigenvalue weighted by molar-refractivity contribution is 0.255. The predicted molar refractivity (Wildman–Crippen MR) is 208 cm³/mol. The molecular weight excluding hydrogens is 548 g/mol. The maximum Gasteiger partial charge on any atom is 0.0991 e. The Morgan fingerprint density at radius 2 is 1.51 bits per heavy atom. The van der Waals surface area contributed by atoms with Gasteiger partial charge >= 0.3 is 0 Å². The van der Waals surface area contributed by atoms with Gasteiger partial charge in [0.15, 0.2) is 0 Å². The van der Waals surface area contributed by atoms with Crippen LogP contribution in [0.15, 0.2) is 75.6 Å². The summed E-state index contributed by atoms with van der Waals surface area (Å²) in [7, 11) is 0. The first-order chi connectivity index (χ1) is 21.6. The Morgan fingerprint density at radius 3 is 1.93 bits per heavy atom. The van der Waals surface area contributed by atoms with E-state index in [-0.39, 0.29) is 0 Å². The molecule has 0 amide bonds. The lowest BCUT2D eigenvalue weighted by Gasteiger charge is -2.35. The van der Waals surface area contributed by atoms with Crippen molar-refractivity contribution in [1.29, 1.82) is 5.26 Å². The fourth-order valence-electron chi connectivity index (χ4n) is 4.22. The number of hydrogen-bond acceptors (Lipinski definition) is 4. The number of allylic oxidation sites excluding steroid dienone is 11. The zero-order valence-electron chi connectivity index (χ0n) is 32.7. The predicted octanol–water partition coefficient (Wildman–Crippen LogP) is 12.7. The van der Waals surface area contributed by atoms with Gasteiger partial charge in [0, 0.05) is 48.9 Å². The first-order valence-electron chi connectivity index (χ1n) is 18.0. The smallest absolute Gasteiger partial charge is 0.0991 e. The van der Waals surface area contributed by atoms with Crippen molar-refractivity contribution in [3.8, 4) is 6.07 Å². The van der Waals surface area contributed by atoms with Gasteiger partial charge in [-0.05, 0) is 78.5 Å². The third-order valence-electron chi connectivity index (χ3n) is 6.53. The fourth-order valence-corrected chi connectivity index (χ4v) is 4.22. The Morgan fingerprint density at radius 1 is 0.933 bits per heavy atom. The van der Waals surface area contributed by atoms with Gasteiger partial charge in [0.1, 0.15) is 0 Å². The number of unbranched alkanes of at least 4 members (excludes halogenated alkanes) is 2.